The molecule has 134 valence electrons. The Morgan fingerprint density at radius 1 is 1.24 bits per heavy atom. The van der Waals surface area contributed by atoms with Crippen LogP contribution in [0, 0.1) is 5.92 Å². The predicted molar refractivity (Wildman–Crippen MR) is 90.3 cm³/mol. The van der Waals surface area contributed by atoms with Crippen LogP contribution in [0.1, 0.15) is 42.5 Å². The Morgan fingerprint density at radius 2 is 2.04 bits per heavy atom. The zero-order valence-corrected chi connectivity index (χ0v) is 13.9. The zero-order valence-electron chi connectivity index (χ0n) is 13.9. The first-order valence-electron chi connectivity index (χ1n) is 8.59. The van der Waals surface area contributed by atoms with Crippen LogP contribution in [0.2, 0.25) is 0 Å². The van der Waals surface area contributed by atoms with Gasteiger partial charge in [-0.3, -0.25) is 9.59 Å². The number of rotatable bonds is 7. The van der Waals surface area contributed by atoms with Gasteiger partial charge < -0.3 is 20.5 Å². The highest BCUT2D eigenvalue weighted by molar-refractivity contribution is 5.99. The molecule has 7 heteroatoms. The lowest BCUT2D eigenvalue weighted by Crippen LogP contribution is -2.41. The molecular formula is C18H22N2O5. The number of nitrogens with one attached hydrogen (secondary N) is 2. The van der Waals surface area contributed by atoms with Gasteiger partial charge in [0.25, 0.3) is 11.8 Å². The van der Waals surface area contributed by atoms with Crippen molar-refractivity contribution in [2.75, 3.05) is 11.9 Å². The van der Waals surface area contributed by atoms with Crippen LogP contribution in [0.15, 0.2) is 24.3 Å². The maximum atomic E-state index is 12.3. The lowest BCUT2D eigenvalue weighted by Gasteiger charge is -2.15. The summed E-state index contributed by atoms with van der Waals surface area (Å²) in [5.41, 5.74) is 0.800. The van der Waals surface area contributed by atoms with Crippen molar-refractivity contribution in [1.82, 2.24) is 5.32 Å². The second-order valence-electron chi connectivity index (χ2n) is 6.62. The van der Waals surface area contributed by atoms with Crippen LogP contribution >= 0.6 is 0 Å². The van der Waals surface area contributed by atoms with E-state index in [2.05, 4.69) is 10.6 Å². The summed E-state index contributed by atoms with van der Waals surface area (Å²) in [6, 6.07) is 5.58. The summed E-state index contributed by atoms with van der Waals surface area (Å²) in [6.07, 6.45) is 3.59. The van der Waals surface area contributed by atoms with Crippen molar-refractivity contribution >= 4 is 23.5 Å². The minimum Gasteiger partial charge on any atom is -0.480 e. The molecule has 3 rings (SSSR count). The van der Waals surface area contributed by atoms with Crippen LogP contribution < -0.4 is 10.6 Å². The van der Waals surface area contributed by atoms with Crippen molar-refractivity contribution in [2.45, 2.75) is 44.2 Å². The third-order valence-electron chi connectivity index (χ3n) is 4.48. The van der Waals surface area contributed by atoms with E-state index in [9.17, 15) is 19.5 Å². The topological polar surface area (TPSA) is 105 Å². The molecule has 1 heterocycles. The molecule has 1 saturated heterocycles. The number of aliphatic carboxylic acids is 1. The summed E-state index contributed by atoms with van der Waals surface area (Å²) in [7, 11) is 0. The lowest BCUT2D eigenvalue weighted by atomic mass is 10.1. The van der Waals surface area contributed by atoms with Gasteiger partial charge in [-0.2, -0.15) is 0 Å². The molecule has 1 aromatic rings. The van der Waals surface area contributed by atoms with Gasteiger partial charge in [0.1, 0.15) is 12.1 Å². The van der Waals surface area contributed by atoms with Gasteiger partial charge in [0.05, 0.1) is 0 Å². The molecular weight excluding hydrogens is 324 g/mol. The molecule has 0 spiro atoms. The molecule has 1 saturated carbocycles. The highest BCUT2D eigenvalue weighted by Crippen LogP contribution is 2.33. The fraction of sp³-hybridized carbons (Fsp3) is 0.500. The van der Waals surface area contributed by atoms with Gasteiger partial charge in [-0.25, -0.2) is 4.79 Å². The summed E-state index contributed by atoms with van der Waals surface area (Å²) in [5.74, 6) is -1.32. The summed E-state index contributed by atoms with van der Waals surface area (Å²) >= 11 is 0. The first-order chi connectivity index (χ1) is 12.0. The molecule has 7 nitrogen and oxygen atoms in total. The fourth-order valence-corrected chi connectivity index (χ4v) is 2.90. The Hall–Kier alpha value is -2.41. The van der Waals surface area contributed by atoms with Crippen molar-refractivity contribution < 1.29 is 24.2 Å². The molecule has 2 unspecified atom stereocenters. The van der Waals surface area contributed by atoms with Crippen molar-refractivity contribution in [3.05, 3.63) is 29.8 Å². The highest BCUT2D eigenvalue weighted by Gasteiger charge is 2.30. The Morgan fingerprint density at radius 3 is 2.68 bits per heavy atom. The smallest absolute Gasteiger partial charge is 0.326 e. The van der Waals surface area contributed by atoms with E-state index in [1.54, 1.807) is 18.2 Å². The van der Waals surface area contributed by atoms with E-state index in [4.69, 9.17) is 4.74 Å². The maximum absolute atomic E-state index is 12.3. The average molecular weight is 346 g/mol. The van der Waals surface area contributed by atoms with Crippen molar-refractivity contribution in [3.63, 3.8) is 0 Å². The van der Waals surface area contributed by atoms with Crippen LogP contribution in [-0.4, -0.2) is 41.6 Å². The number of amides is 2. The van der Waals surface area contributed by atoms with E-state index in [-0.39, 0.29) is 5.91 Å². The van der Waals surface area contributed by atoms with Crippen LogP contribution in [-0.2, 0) is 14.3 Å². The van der Waals surface area contributed by atoms with Crippen LogP contribution in [0.5, 0.6) is 0 Å². The normalized spacial score (nSPS) is 20.7. The number of hydrogen-bond acceptors (Lipinski definition) is 4. The summed E-state index contributed by atoms with van der Waals surface area (Å²) in [5, 5.41) is 14.6. The van der Waals surface area contributed by atoms with E-state index >= 15 is 0 Å². The number of carbonyl (C=O) groups is 3. The molecule has 0 aromatic heterocycles. The second-order valence-corrected chi connectivity index (χ2v) is 6.62. The summed E-state index contributed by atoms with van der Waals surface area (Å²) < 4.78 is 5.33. The Kier molecular flexibility index (Phi) is 5.33. The van der Waals surface area contributed by atoms with Gasteiger partial charge in [-0.1, -0.05) is 18.9 Å². The monoisotopic (exact) mass is 346 g/mol. The minimum absolute atomic E-state index is 0.229. The third kappa shape index (κ3) is 4.79. The number of carbonyl (C=O) groups excluding carboxylic acids is 2. The van der Waals surface area contributed by atoms with Crippen LogP contribution in [0.4, 0.5) is 5.69 Å². The first-order valence-corrected chi connectivity index (χ1v) is 8.59. The van der Waals surface area contributed by atoms with E-state index in [1.807, 2.05) is 0 Å². The van der Waals surface area contributed by atoms with E-state index < -0.39 is 24.0 Å². The number of benzene rings is 1. The van der Waals surface area contributed by atoms with Crippen molar-refractivity contribution in [3.8, 4) is 0 Å². The molecule has 2 fully saturated rings. The molecule has 2 atom stereocenters. The first kappa shape index (κ1) is 17.4. The molecule has 2 aliphatic rings. The maximum Gasteiger partial charge on any atom is 0.326 e. The molecule has 1 aliphatic heterocycles. The number of ether oxygens (including phenoxy) is 1. The molecule has 2 amide bonds. The SMILES string of the molecule is O=C(NC(CC1CC1)C(=O)O)c1cccc(NC(=O)C2CCCO2)c1. The van der Waals surface area contributed by atoms with E-state index in [0.717, 1.165) is 19.3 Å². The van der Waals surface area contributed by atoms with Crippen LogP contribution in [0.25, 0.3) is 0 Å². The largest absolute Gasteiger partial charge is 0.480 e. The summed E-state index contributed by atoms with van der Waals surface area (Å²) in [6.45, 7) is 0.581. The van der Waals surface area contributed by atoms with Gasteiger partial charge in [0.15, 0.2) is 0 Å². The zero-order chi connectivity index (χ0) is 17.8. The number of carboxylic acids is 1. The third-order valence-corrected chi connectivity index (χ3v) is 4.48. The van der Waals surface area contributed by atoms with Gasteiger partial charge in [0, 0.05) is 17.9 Å². The van der Waals surface area contributed by atoms with Gasteiger partial charge >= 0.3 is 5.97 Å². The lowest BCUT2D eigenvalue weighted by molar-refractivity contribution is -0.139. The summed E-state index contributed by atoms with van der Waals surface area (Å²) in [4.78, 5) is 35.7. The number of hydrogen-bond donors (Lipinski definition) is 3. The van der Waals surface area contributed by atoms with Gasteiger partial charge in [-0.05, 0) is 43.4 Å². The molecule has 1 aromatic carbocycles. The molecule has 0 bridgehead atoms. The minimum atomic E-state index is -1.02. The fourth-order valence-electron chi connectivity index (χ4n) is 2.90. The molecule has 1 aliphatic carbocycles. The standard InChI is InChI=1S/C18H22N2O5/c21-16(20-14(18(23)24)9-11-6-7-11)12-3-1-4-13(10-12)19-17(22)15-5-2-8-25-15/h1,3-4,10-11,14-15H,2,5-9H2,(H,19,22)(H,20,21)(H,23,24). The highest BCUT2D eigenvalue weighted by atomic mass is 16.5. The Bertz CT molecular complexity index is 665. The van der Waals surface area contributed by atoms with E-state index in [0.29, 0.717) is 36.6 Å². The van der Waals surface area contributed by atoms with Crippen molar-refractivity contribution in [2.24, 2.45) is 5.92 Å². The van der Waals surface area contributed by atoms with Gasteiger partial charge in [0.2, 0.25) is 0 Å². The molecule has 25 heavy (non-hydrogen) atoms. The van der Waals surface area contributed by atoms with Gasteiger partial charge in [-0.15, -0.1) is 0 Å². The Balaban J connectivity index is 1.62. The quantitative estimate of drug-likeness (QED) is 0.698. The van der Waals surface area contributed by atoms with Crippen molar-refractivity contribution in [1.29, 1.82) is 0 Å². The predicted octanol–water partition coefficient (Wildman–Crippen LogP) is 1.79. The second kappa shape index (κ2) is 7.65. The van der Waals surface area contributed by atoms with Crippen LogP contribution in [0.3, 0.4) is 0 Å². The molecule has 3 N–H and O–H groups in total. The average Bonchev–Trinajstić information content (AvgIpc) is 3.23. The molecule has 0 radical (unpaired) electrons. The van der Waals surface area contributed by atoms with E-state index in [1.165, 1.54) is 6.07 Å². The number of anilines is 1. The Labute approximate surface area is 145 Å². The number of carboxylic acid groups (broad SMARTS) is 1.